The van der Waals surface area contributed by atoms with Crippen molar-refractivity contribution in [1.82, 2.24) is 0 Å². The van der Waals surface area contributed by atoms with Crippen molar-refractivity contribution in [3.63, 3.8) is 0 Å². The number of alkyl halides is 1. The summed E-state index contributed by atoms with van der Waals surface area (Å²) in [5.74, 6) is 1.39. The minimum absolute atomic E-state index is 0.441. The Kier molecular flexibility index (Phi) is 5.51. The normalized spacial score (nSPS) is 12.5. The summed E-state index contributed by atoms with van der Waals surface area (Å²) in [4.78, 5) is 0. The fourth-order valence-corrected chi connectivity index (χ4v) is 1.57. The van der Waals surface area contributed by atoms with Crippen LogP contribution >= 0.6 is 11.6 Å². The first-order valence-electron chi connectivity index (χ1n) is 5.24. The van der Waals surface area contributed by atoms with Crippen LogP contribution in [0.1, 0.15) is 31.4 Å². The van der Waals surface area contributed by atoms with Gasteiger partial charge in [-0.3, -0.25) is 0 Å². The highest BCUT2D eigenvalue weighted by Gasteiger charge is 2.07. The van der Waals surface area contributed by atoms with Crippen LogP contribution in [0.5, 0.6) is 5.75 Å². The van der Waals surface area contributed by atoms with Crippen LogP contribution in [0.2, 0.25) is 0 Å². The van der Waals surface area contributed by atoms with Crippen molar-refractivity contribution in [2.45, 2.75) is 25.9 Å². The van der Waals surface area contributed by atoms with Gasteiger partial charge in [-0.1, -0.05) is 12.1 Å². The smallest absolute Gasteiger partial charge is 0.119 e. The van der Waals surface area contributed by atoms with Gasteiger partial charge in [0, 0.05) is 5.88 Å². The number of aliphatic hydroxyl groups excluding tert-OH is 1. The van der Waals surface area contributed by atoms with E-state index >= 15 is 0 Å². The maximum Gasteiger partial charge on any atom is 0.119 e. The molecule has 0 aliphatic rings. The van der Waals surface area contributed by atoms with Gasteiger partial charge < -0.3 is 9.84 Å². The van der Waals surface area contributed by atoms with Gasteiger partial charge >= 0.3 is 0 Å². The zero-order valence-electron chi connectivity index (χ0n) is 8.95. The van der Waals surface area contributed by atoms with E-state index in [1.54, 1.807) is 0 Å². The van der Waals surface area contributed by atoms with Crippen LogP contribution in [0, 0.1) is 0 Å². The molecule has 0 amide bonds. The zero-order valence-corrected chi connectivity index (χ0v) is 9.70. The van der Waals surface area contributed by atoms with E-state index in [0.717, 1.165) is 17.7 Å². The van der Waals surface area contributed by atoms with Crippen molar-refractivity contribution in [3.8, 4) is 5.75 Å². The molecule has 0 saturated carbocycles. The Morgan fingerprint density at radius 2 is 2.27 bits per heavy atom. The predicted octanol–water partition coefficient (Wildman–Crippen LogP) is 3.14. The number of halogens is 1. The van der Waals surface area contributed by atoms with Crippen molar-refractivity contribution in [2.75, 3.05) is 12.5 Å². The third kappa shape index (κ3) is 4.10. The lowest BCUT2D eigenvalue weighted by molar-refractivity contribution is 0.166. The van der Waals surface area contributed by atoms with Crippen LogP contribution in [-0.4, -0.2) is 17.6 Å². The molecule has 0 spiro atoms. The lowest BCUT2D eigenvalue weighted by Gasteiger charge is -2.11. The Bertz CT molecular complexity index is 289. The second kappa shape index (κ2) is 6.70. The summed E-state index contributed by atoms with van der Waals surface area (Å²) in [6, 6.07) is 7.56. The maximum absolute atomic E-state index is 9.83. The summed E-state index contributed by atoms with van der Waals surface area (Å²) in [5.41, 5.74) is 0.895. The first-order valence-corrected chi connectivity index (χ1v) is 5.78. The minimum Gasteiger partial charge on any atom is -0.494 e. The Labute approximate surface area is 95.8 Å². The van der Waals surface area contributed by atoms with E-state index in [0.29, 0.717) is 18.9 Å². The molecule has 1 aromatic rings. The number of benzene rings is 1. The number of rotatable bonds is 6. The van der Waals surface area contributed by atoms with Gasteiger partial charge in [-0.25, -0.2) is 0 Å². The Morgan fingerprint density at radius 1 is 1.47 bits per heavy atom. The molecular weight excluding hydrogens is 212 g/mol. The molecule has 0 bridgehead atoms. The van der Waals surface area contributed by atoms with Gasteiger partial charge in [0.25, 0.3) is 0 Å². The van der Waals surface area contributed by atoms with E-state index in [1.807, 2.05) is 31.2 Å². The SMILES string of the molecule is CCOc1cccc(C(O)CCCCl)c1. The van der Waals surface area contributed by atoms with Crippen LogP contribution in [0.25, 0.3) is 0 Å². The summed E-state index contributed by atoms with van der Waals surface area (Å²) in [5, 5.41) is 9.83. The molecular formula is C12H17ClO2. The number of aliphatic hydroxyl groups is 1. The van der Waals surface area contributed by atoms with Crippen molar-refractivity contribution in [3.05, 3.63) is 29.8 Å². The number of hydrogen-bond acceptors (Lipinski definition) is 2. The third-order valence-electron chi connectivity index (χ3n) is 2.17. The molecule has 0 fully saturated rings. The fraction of sp³-hybridized carbons (Fsp3) is 0.500. The Hall–Kier alpha value is -0.730. The molecule has 1 atom stereocenters. The topological polar surface area (TPSA) is 29.5 Å². The summed E-state index contributed by atoms with van der Waals surface area (Å²) >= 11 is 5.58. The average Bonchev–Trinajstić information content (AvgIpc) is 2.27. The summed E-state index contributed by atoms with van der Waals surface area (Å²) in [7, 11) is 0. The number of hydrogen-bond donors (Lipinski definition) is 1. The molecule has 3 heteroatoms. The molecule has 1 N–H and O–H groups in total. The monoisotopic (exact) mass is 228 g/mol. The van der Waals surface area contributed by atoms with Crippen LogP contribution in [0.3, 0.4) is 0 Å². The van der Waals surface area contributed by atoms with Gasteiger partial charge in [0.1, 0.15) is 5.75 Å². The molecule has 1 unspecified atom stereocenters. The van der Waals surface area contributed by atoms with Crippen LogP contribution in [0.4, 0.5) is 0 Å². The standard InChI is InChI=1S/C12H17ClO2/c1-2-15-11-6-3-5-10(9-11)12(14)7-4-8-13/h3,5-6,9,12,14H,2,4,7-8H2,1H3. The summed E-state index contributed by atoms with van der Waals surface area (Å²) in [6.45, 7) is 2.58. The molecule has 2 nitrogen and oxygen atoms in total. The van der Waals surface area contributed by atoms with Gasteiger partial charge in [0.15, 0.2) is 0 Å². The molecule has 0 saturated heterocycles. The lowest BCUT2D eigenvalue weighted by atomic mass is 10.1. The first kappa shape index (κ1) is 12.3. The first-order chi connectivity index (χ1) is 7.27. The quantitative estimate of drug-likeness (QED) is 0.758. The number of ether oxygens (including phenoxy) is 1. The highest BCUT2D eigenvalue weighted by Crippen LogP contribution is 2.22. The third-order valence-corrected chi connectivity index (χ3v) is 2.43. The van der Waals surface area contributed by atoms with Crippen molar-refractivity contribution >= 4 is 11.6 Å². The molecule has 15 heavy (non-hydrogen) atoms. The van der Waals surface area contributed by atoms with Crippen LogP contribution in [0.15, 0.2) is 24.3 Å². The van der Waals surface area contributed by atoms with Gasteiger partial charge in [-0.05, 0) is 37.5 Å². The minimum atomic E-state index is -0.441. The second-order valence-corrected chi connectivity index (χ2v) is 3.73. The molecule has 1 aromatic carbocycles. The van der Waals surface area contributed by atoms with E-state index < -0.39 is 6.10 Å². The molecule has 0 aliphatic carbocycles. The lowest BCUT2D eigenvalue weighted by Crippen LogP contribution is -1.99. The van der Waals surface area contributed by atoms with Crippen LogP contribution in [-0.2, 0) is 0 Å². The summed E-state index contributed by atoms with van der Waals surface area (Å²) in [6.07, 6.45) is 1.07. The molecule has 1 rings (SSSR count). The molecule has 0 aromatic heterocycles. The summed E-state index contributed by atoms with van der Waals surface area (Å²) < 4.78 is 5.36. The van der Waals surface area contributed by atoms with E-state index in [9.17, 15) is 5.11 Å². The van der Waals surface area contributed by atoms with Gasteiger partial charge in [-0.2, -0.15) is 0 Å². The second-order valence-electron chi connectivity index (χ2n) is 3.35. The Balaban J connectivity index is 2.62. The fourth-order valence-electron chi connectivity index (χ4n) is 1.42. The highest BCUT2D eigenvalue weighted by molar-refractivity contribution is 6.17. The van der Waals surface area contributed by atoms with Crippen molar-refractivity contribution in [2.24, 2.45) is 0 Å². The van der Waals surface area contributed by atoms with Crippen molar-refractivity contribution in [1.29, 1.82) is 0 Å². The van der Waals surface area contributed by atoms with E-state index in [-0.39, 0.29) is 0 Å². The van der Waals surface area contributed by atoms with Gasteiger partial charge in [0.2, 0.25) is 0 Å². The molecule has 0 radical (unpaired) electrons. The molecule has 0 heterocycles. The van der Waals surface area contributed by atoms with Gasteiger partial charge in [-0.15, -0.1) is 11.6 Å². The van der Waals surface area contributed by atoms with E-state index in [2.05, 4.69) is 0 Å². The maximum atomic E-state index is 9.83. The van der Waals surface area contributed by atoms with Gasteiger partial charge in [0.05, 0.1) is 12.7 Å². The van der Waals surface area contributed by atoms with E-state index in [1.165, 1.54) is 0 Å². The highest BCUT2D eigenvalue weighted by atomic mass is 35.5. The van der Waals surface area contributed by atoms with Crippen LogP contribution < -0.4 is 4.74 Å². The Morgan fingerprint density at radius 3 is 2.93 bits per heavy atom. The molecule has 0 aliphatic heterocycles. The zero-order chi connectivity index (χ0) is 11.1. The average molecular weight is 229 g/mol. The van der Waals surface area contributed by atoms with E-state index in [4.69, 9.17) is 16.3 Å². The largest absolute Gasteiger partial charge is 0.494 e. The molecule has 84 valence electrons. The predicted molar refractivity (Wildman–Crippen MR) is 62.5 cm³/mol. The van der Waals surface area contributed by atoms with Crippen molar-refractivity contribution < 1.29 is 9.84 Å².